The van der Waals surface area contributed by atoms with Crippen LogP contribution in [0.25, 0.3) is 0 Å². The van der Waals surface area contributed by atoms with Gasteiger partial charge in [-0.05, 0) is 19.8 Å². The summed E-state index contributed by atoms with van der Waals surface area (Å²) < 4.78 is 4.80. The van der Waals surface area contributed by atoms with E-state index in [-0.39, 0.29) is 30.5 Å². The Hall–Kier alpha value is -0.900. The van der Waals surface area contributed by atoms with Crippen LogP contribution in [-0.2, 0) is 14.3 Å². The molecule has 1 N–H and O–H groups in total. The number of carbonyl (C=O) groups is 2. The number of esters is 1. The highest BCUT2D eigenvalue weighted by atomic mass is 16.5. The molecule has 0 aromatic carbocycles. The third kappa shape index (κ3) is 2.52. The third-order valence-corrected chi connectivity index (χ3v) is 2.24. The highest BCUT2D eigenvalue weighted by Gasteiger charge is 2.31. The lowest BCUT2D eigenvalue weighted by Crippen LogP contribution is -2.33. The number of ketones is 1. The third-order valence-electron chi connectivity index (χ3n) is 2.24. The van der Waals surface area contributed by atoms with Crippen LogP contribution in [0.5, 0.6) is 0 Å². The maximum atomic E-state index is 11.2. The standard InChI is InChI=1S/C9H14O4/c1-2-13-9(12)6-3-4-7(10)8(11)5-6/h6,8,11H,2-5H2,1H3. The minimum Gasteiger partial charge on any atom is -0.466 e. The molecule has 1 saturated carbocycles. The van der Waals surface area contributed by atoms with E-state index in [2.05, 4.69) is 0 Å². The van der Waals surface area contributed by atoms with Crippen LogP contribution in [0.4, 0.5) is 0 Å². The normalized spacial score (nSPS) is 28.6. The first-order valence-electron chi connectivity index (χ1n) is 4.52. The molecule has 13 heavy (non-hydrogen) atoms. The average Bonchev–Trinajstić information content (AvgIpc) is 2.10. The minimum atomic E-state index is -0.969. The van der Waals surface area contributed by atoms with Gasteiger partial charge in [0.2, 0.25) is 0 Å². The molecule has 74 valence electrons. The molecule has 1 rings (SSSR count). The first-order valence-corrected chi connectivity index (χ1v) is 4.52. The van der Waals surface area contributed by atoms with E-state index in [9.17, 15) is 14.7 Å². The van der Waals surface area contributed by atoms with Gasteiger partial charge in [0.25, 0.3) is 0 Å². The Balaban J connectivity index is 2.45. The molecule has 1 aliphatic carbocycles. The first-order chi connectivity index (χ1) is 6.15. The predicted molar refractivity (Wildman–Crippen MR) is 45.0 cm³/mol. The Morgan fingerprint density at radius 1 is 1.69 bits per heavy atom. The fraction of sp³-hybridized carbons (Fsp3) is 0.778. The summed E-state index contributed by atoms with van der Waals surface area (Å²) in [6, 6.07) is 0. The van der Waals surface area contributed by atoms with Crippen LogP contribution in [0.1, 0.15) is 26.2 Å². The van der Waals surface area contributed by atoms with Gasteiger partial charge in [-0.2, -0.15) is 0 Å². The number of aliphatic hydroxyl groups is 1. The van der Waals surface area contributed by atoms with Crippen molar-refractivity contribution < 1.29 is 19.4 Å². The molecule has 0 spiro atoms. The number of hydrogen-bond donors (Lipinski definition) is 1. The van der Waals surface area contributed by atoms with Crippen molar-refractivity contribution >= 4 is 11.8 Å². The number of rotatable bonds is 2. The van der Waals surface area contributed by atoms with E-state index in [1.54, 1.807) is 6.92 Å². The second kappa shape index (κ2) is 4.37. The monoisotopic (exact) mass is 186 g/mol. The van der Waals surface area contributed by atoms with Crippen molar-refractivity contribution in [2.45, 2.75) is 32.3 Å². The molecule has 0 aromatic rings. The van der Waals surface area contributed by atoms with Crippen LogP contribution in [0.2, 0.25) is 0 Å². The number of aliphatic hydroxyl groups excluding tert-OH is 1. The summed E-state index contributed by atoms with van der Waals surface area (Å²) >= 11 is 0. The molecule has 2 atom stereocenters. The summed E-state index contributed by atoms with van der Waals surface area (Å²) in [4.78, 5) is 22.1. The van der Waals surface area contributed by atoms with Crippen molar-refractivity contribution in [3.63, 3.8) is 0 Å². The summed E-state index contributed by atoms with van der Waals surface area (Å²) in [5.41, 5.74) is 0. The van der Waals surface area contributed by atoms with Crippen molar-refractivity contribution in [1.29, 1.82) is 0 Å². The van der Waals surface area contributed by atoms with Gasteiger partial charge >= 0.3 is 5.97 Å². The van der Waals surface area contributed by atoms with E-state index < -0.39 is 6.10 Å². The summed E-state index contributed by atoms with van der Waals surface area (Å²) in [5.74, 6) is -0.762. The van der Waals surface area contributed by atoms with Gasteiger partial charge in [0, 0.05) is 6.42 Å². The van der Waals surface area contributed by atoms with E-state index in [4.69, 9.17) is 4.74 Å². The van der Waals surface area contributed by atoms with Crippen LogP contribution in [0.15, 0.2) is 0 Å². The van der Waals surface area contributed by atoms with Crippen molar-refractivity contribution in [3.8, 4) is 0 Å². The molecule has 1 aliphatic rings. The van der Waals surface area contributed by atoms with Crippen LogP contribution in [-0.4, -0.2) is 29.6 Å². The lowest BCUT2D eigenvalue weighted by Gasteiger charge is -2.22. The van der Waals surface area contributed by atoms with E-state index >= 15 is 0 Å². The molecule has 0 amide bonds. The number of hydrogen-bond acceptors (Lipinski definition) is 4. The highest BCUT2D eigenvalue weighted by molar-refractivity contribution is 5.86. The maximum Gasteiger partial charge on any atom is 0.309 e. The summed E-state index contributed by atoms with van der Waals surface area (Å²) in [6.45, 7) is 2.09. The van der Waals surface area contributed by atoms with Crippen LogP contribution in [0.3, 0.4) is 0 Å². The van der Waals surface area contributed by atoms with Gasteiger partial charge in [-0.3, -0.25) is 9.59 Å². The van der Waals surface area contributed by atoms with E-state index in [1.165, 1.54) is 0 Å². The fourth-order valence-corrected chi connectivity index (χ4v) is 1.48. The van der Waals surface area contributed by atoms with Crippen molar-refractivity contribution in [3.05, 3.63) is 0 Å². The zero-order valence-electron chi connectivity index (χ0n) is 7.66. The van der Waals surface area contributed by atoms with E-state index in [0.29, 0.717) is 13.0 Å². The van der Waals surface area contributed by atoms with Crippen molar-refractivity contribution in [2.24, 2.45) is 5.92 Å². The predicted octanol–water partition coefficient (Wildman–Crippen LogP) is 0.280. The zero-order valence-corrected chi connectivity index (χ0v) is 7.66. The average molecular weight is 186 g/mol. The van der Waals surface area contributed by atoms with Crippen LogP contribution >= 0.6 is 0 Å². The second-order valence-electron chi connectivity index (χ2n) is 3.21. The van der Waals surface area contributed by atoms with Gasteiger partial charge in [0.15, 0.2) is 5.78 Å². The zero-order chi connectivity index (χ0) is 9.84. The molecule has 0 bridgehead atoms. The van der Waals surface area contributed by atoms with Crippen LogP contribution < -0.4 is 0 Å². The van der Waals surface area contributed by atoms with Gasteiger partial charge < -0.3 is 9.84 Å². The topological polar surface area (TPSA) is 63.6 Å². The molecule has 0 heterocycles. The molecule has 2 unspecified atom stereocenters. The lowest BCUT2D eigenvalue weighted by molar-refractivity contribution is -0.152. The van der Waals surface area contributed by atoms with Gasteiger partial charge in [-0.25, -0.2) is 0 Å². The maximum absolute atomic E-state index is 11.2. The minimum absolute atomic E-state index is 0.166. The SMILES string of the molecule is CCOC(=O)C1CCC(=O)C(O)C1. The van der Waals surface area contributed by atoms with Crippen molar-refractivity contribution in [1.82, 2.24) is 0 Å². The van der Waals surface area contributed by atoms with E-state index in [0.717, 1.165) is 0 Å². The summed E-state index contributed by atoms with van der Waals surface area (Å²) in [7, 11) is 0. The molecule has 0 saturated heterocycles. The molecule has 4 nitrogen and oxygen atoms in total. The van der Waals surface area contributed by atoms with E-state index in [1.807, 2.05) is 0 Å². The molecular formula is C9H14O4. The summed E-state index contributed by atoms with van der Waals surface area (Å²) in [5, 5.41) is 9.21. The second-order valence-corrected chi connectivity index (χ2v) is 3.21. The van der Waals surface area contributed by atoms with Gasteiger partial charge in [0.1, 0.15) is 6.10 Å². The molecule has 0 radical (unpaired) electrons. The Morgan fingerprint density at radius 2 is 2.38 bits per heavy atom. The summed E-state index contributed by atoms with van der Waals surface area (Å²) in [6.07, 6.45) is 0.0417. The first kappa shape index (κ1) is 10.2. The molecule has 4 heteroatoms. The number of Topliss-reactive ketones (excluding diaryl/α,β-unsaturated/α-hetero) is 1. The molecular weight excluding hydrogens is 172 g/mol. The number of ether oxygens (including phenoxy) is 1. The van der Waals surface area contributed by atoms with Gasteiger partial charge in [-0.15, -0.1) is 0 Å². The Labute approximate surface area is 76.9 Å². The quantitative estimate of drug-likeness (QED) is 0.629. The Kier molecular flexibility index (Phi) is 3.42. The van der Waals surface area contributed by atoms with Crippen molar-refractivity contribution in [2.75, 3.05) is 6.61 Å². The highest BCUT2D eigenvalue weighted by Crippen LogP contribution is 2.22. The fourth-order valence-electron chi connectivity index (χ4n) is 1.48. The van der Waals surface area contributed by atoms with Gasteiger partial charge in [0.05, 0.1) is 12.5 Å². The Bertz CT molecular complexity index is 212. The Morgan fingerprint density at radius 3 is 2.92 bits per heavy atom. The lowest BCUT2D eigenvalue weighted by atomic mass is 9.86. The smallest absolute Gasteiger partial charge is 0.309 e. The molecule has 0 aromatic heterocycles. The number of carbonyl (C=O) groups excluding carboxylic acids is 2. The molecule has 0 aliphatic heterocycles. The largest absolute Gasteiger partial charge is 0.466 e. The van der Waals surface area contributed by atoms with Gasteiger partial charge in [-0.1, -0.05) is 0 Å². The van der Waals surface area contributed by atoms with Crippen LogP contribution in [0, 0.1) is 5.92 Å². The molecule has 1 fully saturated rings.